The average molecular weight is 255 g/mol. The Kier molecular flexibility index (Phi) is 4.50. The minimum absolute atomic E-state index is 0.0342. The SMILES string of the molecule is COC1CCCC1NCc1csc(C(C)N)n1. The summed E-state index contributed by atoms with van der Waals surface area (Å²) in [5.41, 5.74) is 6.88. The van der Waals surface area contributed by atoms with Crippen molar-refractivity contribution < 1.29 is 4.74 Å². The zero-order valence-electron chi connectivity index (χ0n) is 10.5. The van der Waals surface area contributed by atoms with Crippen LogP contribution in [0.3, 0.4) is 0 Å². The highest BCUT2D eigenvalue weighted by Gasteiger charge is 2.26. The van der Waals surface area contributed by atoms with Gasteiger partial charge in [-0.25, -0.2) is 4.98 Å². The maximum absolute atomic E-state index is 5.80. The lowest BCUT2D eigenvalue weighted by molar-refractivity contribution is 0.0846. The van der Waals surface area contributed by atoms with Crippen molar-refractivity contribution in [3.63, 3.8) is 0 Å². The third kappa shape index (κ3) is 3.25. The second kappa shape index (κ2) is 5.91. The molecule has 0 bridgehead atoms. The summed E-state index contributed by atoms with van der Waals surface area (Å²) in [4.78, 5) is 4.51. The molecule has 1 aliphatic carbocycles. The number of nitrogens with one attached hydrogen (secondary N) is 1. The fourth-order valence-electron chi connectivity index (χ4n) is 2.29. The number of hydrogen-bond donors (Lipinski definition) is 2. The Morgan fingerprint density at radius 2 is 2.47 bits per heavy atom. The van der Waals surface area contributed by atoms with Gasteiger partial charge in [0.1, 0.15) is 5.01 Å². The van der Waals surface area contributed by atoms with Crippen LogP contribution in [0.2, 0.25) is 0 Å². The van der Waals surface area contributed by atoms with E-state index in [-0.39, 0.29) is 6.04 Å². The number of thiazole rings is 1. The number of ether oxygens (including phenoxy) is 1. The summed E-state index contributed by atoms with van der Waals surface area (Å²) >= 11 is 1.64. The van der Waals surface area contributed by atoms with Gasteiger partial charge in [-0.15, -0.1) is 11.3 Å². The van der Waals surface area contributed by atoms with Crippen molar-refractivity contribution in [1.82, 2.24) is 10.3 Å². The largest absolute Gasteiger partial charge is 0.380 e. The lowest BCUT2D eigenvalue weighted by Crippen LogP contribution is -2.36. The molecule has 3 N–H and O–H groups in total. The van der Waals surface area contributed by atoms with E-state index in [2.05, 4.69) is 15.7 Å². The van der Waals surface area contributed by atoms with Crippen molar-refractivity contribution in [3.05, 3.63) is 16.1 Å². The van der Waals surface area contributed by atoms with E-state index in [1.165, 1.54) is 12.8 Å². The predicted molar refractivity (Wildman–Crippen MR) is 70.0 cm³/mol. The van der Waals surface area contributed by atoms with E-state index in [4.69, 9.17) is 10.5 Å². The van der Waals surface area contributed by atoms with Crippen LogP contribution in [0.1, 0.15) is 42.9 Å². The standard InChI is InChI=1S/C12H21N3OS/c1-8(13)12-15-9(7-17-12)6-14-10-4-3-5-11(10)16-2/h7-8,10-11,14H,3-6,13H2,1-2H3. The van der Waals surface area contributed by atoms with Gasteiger partial charge in [0.15, 0.2) is 0 Å². The third-order valence-electron chi connectivity index (χ3n) is 3.26. The molecule has 17 heavy (non-hydrogen) atoms. The van der Waals surface area contributed by atoms with E-state index >= 15 is 0 Å². The predicted octanol–water partition coefficient (Wildman–Crippen LogP) is 1.82. The van der Waals surface area contributed by atoms with Crippen LogP contribution in [0.25, 0.3) is 0 Å². The fraction of sp³-hybridized carbons (Fsp3) is 0.750. The Labute approximate surface area is 107 Å². The van der Waals surface area contributed by atoms with E-state index in [9.17, 15) is 0 Å². The van der Waals surface area contributed by atoms with Crippen molar-refractivity contribution in [1.29, 1.82) is 0 Å². The van der Waals surface area contributed by atoms with Gasteiger partial charge >= 0.3 is 0 Å². The van der Waals surface area contributed by atoms with Crippen LogP contribution in [0, 0.1) is 0 Å². The molecule has 0 amide bonds. The summed E-state index contributed by atoms with van der Waals surface area (Å²) in [6, 6.07) is 0.507. The summed E-state index contributed by atoms with van der Waals surface area (Å²) < 4.78 is 5.46. The molecule has 0 saturated heterocycles. The molecule has 0 radical (unpaired) electrons. The number of nitrogens with two attached hydrogens (primary N) is 1. The van der Waals surface area contributed by atoms with Crippen LogP contribution in [0.15, 0.2) is 5.38 Å². The van der Waals surface area contributed by atoms with Crippen molar-refractivity contribution in [2.24, 2.45) is 5.73 Å². The van der Waals surface area contributed by atoms with Gasteiger partial charge in [-0.3, -0.25) is 0 Å². The molecule has 1 aliphatic rings. The molecule has 1 saturated carbocycles. The zero-order valence-corrected chi connectivity index (χ0v) is 11.3. The van der Waals surface area contributed by atoms with Crippen LogP contribution in [0.5, 0.6) is 0 Å². The van der Waals surface area contributed by atoms with Crippen molar-refractivity contribution in [2.75, 3.05) is 7.11 Å². The molecule has 0 aromatic carbocycles. The summed E-state index contributed by atoms with van der Waals surface area (Å²) in [7, 11) is 1.79. The third-order valence-corrected chi connectivity index (χ3v) is 4.35. The van der Waals surface area contributed by atoms with E-state index in [0.717, 1.165) is 23.7 Å². The molecular weight excluding hydrogens is 234 g/mol. The first-order valence-corrected chi connectivity index (χ1v) is 7.04. The summed E-state index contributed by atoms with van der Waals surface area (Å²) in [6.07, 6.45) is 3.97. The van der Waals surface area contributed by atoms with Gasteiger partial charge in [0.25, 0.3) is 0 Å². The minimum atomic E-state index is 0.0342. The monoisotopic (exact) mass is 255 g/mol. The average Bonchev–Trinajstić information content (AvgIpc) is 2.95. The maximum Gasteiger partial charge on any atom is 0.109 e. The van der Waals surface area contributed by atoms with Crippen LogP contribution < -0.4 is 11.1 Å². The number of aromatic nitrogens is 1. The Balaban J connectivity index is 1.84. The second-order valence-corrected chi connectivity index (χ2v) is 5.55. The van der Waals surface area contributed by atoms with Crippen LogP contribution in [-0.4, -0.2) is 24.2 Å². The molecule has 1 fully saturated rings. The fourth-order valence-corrected chi connectivity index (χ4v) is 3.07. The molecule has 5 heteroatoms. The quantitative estimate of drug-likeness (QED) is 0.842. The van der Waals surface area contributed by atoms with Gasteiger partial charge in [0, 0.05) is 25.1 Å². The first-order chi connectivity index (χ1) is 8.20. The van der Waals surface area contributed by atoms with Crippen molar-refractivity contribution in [3.8, 4) is 0 Å². The van der Waals surface area contributed by atoms with Crippen molar-refractivity contribution >= 4 is 11.3 Å². The molecule has 4 nitrogen and oxygen atoms in total. The van der Waals surface area contributed by atoms with Gasteiger partial charge in [-0.2, -0.15) is 0 Å². The van der Waals surface area contributed by atoms with Crippen LogP contribution >= 0.6 is 11.3 Å². The highest BCUT2D eigenvalue weighted by Crippen LogP contribution is 2.22. The van der Waals surface area contributed by atoms with Gasteiger partial charge in [0.2, 0.25) is 0 Å². The molecule has 3 unspecified atom stereocenters. The van der Waals surface area contributed by atoms with Crippen molar-refractivity contribution in [2.45, 2.75) is 50.9 Å². The molecule has 1 heterocycles. The first kappa shape index (κ1) is 13.0. The number of hydrogen-bond acceptors (Lipinski definition) is 5. The lowest BCUT2D eigenvalue weighted by atomic mass is 10.2. The van der Waals surface area contributed by atoms with Crippen LogP contribution in [-0.2, 0) is 11.3 Å². The smallest absolute Gasteiger partial charge is 0.109 e. The van der Waals surface area contributed by atoms with Gasteiger partial charge in [0.05, 0.1) is 17.8 Å². The van der Waals surface area contributed by atoms with Gasteiger partial charge in [-0.05, 0) is 26.2 Å². The van der Waals surface area contributed by atoms with E-state index in [0.29, 0.717) is 12.1 Å². The molecule has 2 rings (SSSR count). The molecule has 0 aliphatic heterocycles. The molecular formula is C12H21N3OS. The molecule has 0 spiro atoms. The van der Waals surface area contributed by atoms with E-state index < -0.39 is 0 Å². The van der Waals surface area contributed by atoms with Crippen LogP contribution in [0.4, 0.5) is 0 Å². The summed E-state index contributed by atoms with van der Waals surface area (Å²) in [5, 5.41) is 6.63. The highest BCUT2D eigenvalue weighted by atomic mass is 32.1. The minimum Gasteiger partial charge on any atom is -0.380 e. The topological polar surface area (TPSA) is 60.2 Å². The molecule has 3 atom stereocenters. The Hall–Kier alpha value is -0.490. The number of rotatable bonds is 5. The Morgan fingerprint density at radius 1 is 1.65 bits per heavy atom. The van der Waals surface area contributed by atoms with E-state index in [1.807, 2.05) is 6.92 Å². The number of methoxy groups -OCH3 is 1. The second-order valence-electron chi connectivity index (χ2n) is 4.66. The lowest BCUT2D eigenvalue weighted by Gasteiger charge is -2.18. The van der Waals surface area contributed by atoms with E-state index in [1.54, 1.807) is 18.4 Å². The first-order valence-electron chi connectivity index (χ1n) is 6.16. The molecule has 1 aromatic rings. The zero-order chi connectivity index (χ0) is 12.3. The molecule has 1 aromatic heterocycles. The molecule has 96 valence electrons. The van der Waals surface area contributed by atoms with Gasteiger partial charge in [-0.1, -0.05) is 0 Å². The Bertz CT molecular complexity index is 353. The summed E-state index contributed by atoms with van der Waals surface area (Å²) in [5.74, 6) is 0. The summed E-state index contributed by atoms with van der Waals surface area (Å²) in [6.45, 7) is 2.78. The Morgan fingerprint density at radius 3 is 3.12 bits per heavy atom. The maximum atomic E-state index is 5.80. The highest BCUT2D eigenvalue weighted by molar-refractivity contribution is 7.09. The normalized spacial score (nSPS) is 26.3. The van der Waals surface area contributed by atoms with Gasteiger partial charge < -0.3 is 15.8 Å². The number of nitrogens with zero attached hydrogens (tertiary/aromatic N) is 1.